The third-order valence-electron chi connectivity index (χ3n) is 3.33. The Morgan fingerprint density at radius 3 is 3.06 bits per heavy atom. The molecule has 90 valence electrons. The molecule has 1 unspecified atom stereocenters. The first-order valence-corrected chi connectivity index (χ1v) is 5.99. The summed E-state index contributed by atoms with van der Waals surface area (Å²) in [6.07, 6.45) is 4.14. The summed E-state index contributed by atoms with van der Waals surface area (Å²) in [6, 6.07) is 6.42. The highest BCUT2D eigenvalue weighted by Crippen LogP contribution is 2.22. The van der Waals surface area contributed by atoms with Gasteiger partial charge in [-0.1, -0.05) is 0 Å². The molecule has 1 aromatic rings. The van der Waals surface area contributed by atoms with Crippen molar-refractivity contribution < 1.29 is 0 Å². The molecule has 0 amide bonds. The molecule has 0 aromatic carbocycles. The van der Waals surface area contributed by atoms with Crippen LogP contribution in [0.3, 0.4) is 0 Å². The number of aromatic nitrogens is 1. The SMILES string of the molecule is CN(C)C1CCCN(c2ncccc2C#N)C1. The van der Waals surface area contributed by atoms with E-state index in [1.165, 1.54) is 6.42 Å². The Balaban J connectivity index is 2.19. The number of nitriles is 1. The molecule has 0 bridgehead atoms. The van der Waals surface area contributed by atoms with Crippen LogP contribution >= 0.6 is 0 Å². The molecule has 1 atom stereocenters. The molecule has 0 N–H and O–H groups in total. The smallest absolute Gasteiger partial charge is 0.146 e. The van der Waals surface area contributed by atoms with E-state index in [2.05, 4.69) is 34.9 Å². The fraction of sp³-hybridized carbons (Fsp3) is 0.538. The summed E-state index contributed by atoms with van der Waals surface area (Å²) in [7, 11) is 4.22. The minimum absolute atomic E-state index is 0.553. The fourth-order valence-corrected chi connectivity index (χ4v) is 2.30. The Labute approximate surface area is 102 Å². The lowest BCUT2D eigenvalue weighted by molar-refractivity contribution is 0.257. The number of rotatable bonds is 2. The van der Waals surface area contributed by atoms with Crippen LogP contribution in [0.1, 0.15) is 18.4 Å². The second-order valence-electron chi connectivity index (χ2n) is 4.69. The Kier molecular flexibility index (Phi) is 3.60. The summed E-state index contributed by atoms with van der Waals surface area (Å²) in [6.45, 7) is 1.95. The second-order valence-corrected chi connectivity index (χ2v) is 4.69. The molecule has 1 aliphatic rings. The van der Waals surface area contributed by atoms with Gasteiger partial charge in [0.25, 0.3) is 0 Å². The van der Waals surface area contributed by atoms with Crippen molar-refractivity contribution in [2.45, 2.75) is 18.9 Å². The highest BCUT2D eigenvalue weighted by molar-refractivity contribution is 5.53. The number of piperidine rings is 1. The Morgan fingerprint density at radius 2 is 2.35 bits per heavy atom. The first kappa shape index (κ1) is 11.9. The van der Waals surface area contributed by atoms with E-state index < -0.39 is 0 Å². The standard InChI is InChI=1S/C13H18N4/c1-16(2)12-6-4-8-17(10-12)13-11(9-14)5-3-7-15-13/h3,5,7,12H,4,6,8,10H2,1-2H3. The van der Waals surface area contributed by atoms with Gasteiger partial charge >= 0.3 is 0 Å². The van der Waals surface area contributed by atoms with Crippen molar-refractivity contribution in [3.05, 3.63) is 23.9 Å². The van der Waals surface area contributed by atoms with Crippen LogP contribution < -0.4 is 4.90 Å². The number of pyridine rings is 1. The van der Waals surface area contributed by atoms with Crippen molar-refractivity contribution >= 4 is 5.82 Å². The van der Waals surface area contributed by atoms with Crippen LogP contribution in [-0.2, 0) is 0 Å². The quantitative estimate of drug-likeness (QED) is 0.772. The van der Waals surface area contributed by atoms with Gasteiger partial charge in [-0.3, -0.25) is 0 Å². The van der Waals surface area contributed by atoms with E-state index in [0.717, 1.165) is 25.3 Å². The van der Waals surface area contributed by atoms with Gasteiger partial charge in [-0.2, -0.15) is 5.26 Å². The predicted molar refractivity (Wildman–Crippen MR) is 67.9 cm³/mol. The first-order valence-electron chi connectivity index (χ1n) is 5.99. The lowest BCUT2D eigenvalue weighted by Crippen LogP contribution is -2.45. The molecule has 0 aliphatic carbocycles. The second kappa shape index (κ2) is 5.15. The predicted octanol–water partition coefficient (Wildman–Crippen LogP) is 1.48. The Morgan fingerprint density at radius 1 is 1.53 bits per heavy atom. The third kappa shape index (κ3) is 2.56. The van der Waals surface area contributed by atoms with Crippen LogP contribution in [0.5, 0.6) is 0 Å². The van der Waals surface area contributed by atoms with E-state index in [1.807, 2.05) is 12.1 Å². The lowest BCUT2D eigenvalue weighted by Gasteiger charge is -2.37. The molecule has 4 heteroatoms. The van der Waals surface area contributed by atoms with Gasteiger partial charge in [0.05, 0.1) is 5.56 Å². The maximum atomic E-state index is 9.10. The van der Waals surface area contributed by atoms with Crippen LogP contribution in [0.4, 0.5) is 5.82 Å². The molecule has 17 heavy (non-hydrogen) atoms. The average molecular weight is 230 g/mol. The van der Waals surface area contributed by atoms with E-state index in [-0.39, 0.29) is 0 Å². The summed E-state index contributed by atoms with van der Waals surface area (Å²) in [4.78, 5) is 8.83. The molecule has 1 aromatic heterocycles. The molecule has 4 nitrogen and oxygen atoms in total. The van der Waals surface area contributed by atoms with Crippen LogP contribution in [0.2, 0.25) is 0 Å². The normalized spacial score (nSPS) is 20.4. The van der Waals surface area contributed by atoms with E-state index in [1.54, 1.807) is 6.20 Å². The molecule has 0 spiro atoms. The number of anilines is 1. The van der Waals surface area contributed by atoms with Crippen molar-refractivity contribution in [3.63, 3.8) is 0 Å². The van der Waals surface area contributed by atoms with E-state index in [0.29, 0.717) is 11.6 Å². The zero-order valence-electron chi connectivity index (χ0n) is 10.4. The van der Waals surface area contributed by atoms with Crippen molar-refractivity contribution in [2.24, 2.45) is 0 Å². The van der Waals surface area contributed by atoms with Crippen LogP contribution in [0.25, 0.3) is 0 Å². The lowest BCUT2D eigenvalue weighted by atomic mass is 10.0. The topological polar surface area (TPSA) is 43.2 Å². The summed E-state index contributed by atoms with van der Waals surface area (Å²) in [5, 5.41) is 9.10. The summed E-state index contributed by atoms with van der Waals surface area (Å²) >= 11 is 0. The van der Waals surface area contributed by atoms with Gasteiger partial charge < -0.3 is 9.80 Å². The van der Waals surface area contributed by atoms with E-state index in [4.69, 9.17) is 5.26 Å². The van der Waals surface area contributed by atoms with Gasteiger partial charge in [0.15, 0.2) is 0 Å². The van der Waals surface area contributed by atoms with Crippen molar-refractivity contribution in [1.82, 2.24) is 9.88 Å². The molecule has 0 saturated carbocycles. The van der Waals surface area contributed by atoms with Gasteiger partial charge in [0.2, 0.25) is 0 Å². The molecule has 1 aliphatic heterocycles. The van der Waals surface area contributed by atoms with Gasteiger partial charge in [-0.25, -0.2) is 4.98 Å². The highest BCUT2D eigenvalue weighted by Gasteiger charge is 2.23. The Hall–Kier alpha value is -1.60. The van der Waals surface area contributed by atoms with Gasteiger partial charge in [-0.15, -0.1) is 0 Å². The van der Waals surface area contributed by atoms with Crippen LogP contribution in [-0.4, -0.2) is 43.1 Å². The number of hydrogen-bond acceptors (Lipinski definition) is 4. The number of nitrogens with zero attached hydrogens (tertiary/aromatic N) is 4. The molecular formula is C13H18N4. The Bertz CT molecular complexity index is 422. The zero-order chi connectivity index (χ0) is 12.3. The minimum atomic E-state index is 0.553. The molecule has 2 heterocycles. The number of likely N-dealkylation sites (N-methyl/N-ethyl adjacent to an activating group) is 1. The van der Waals surface area contributed by atoms with Crippen LogP contribution in [0.15, 0.2) is 18.3 Å². The van der Waals surface area contributed by atoms with Gasteiger partial charge in [0, 0.05) is 25.3 Å². The highest BCUT2D eigenvalue weighted by atomic mass is 15.2. The molecule has 2 rings (SSSR count). The fourth-order valence-electron chi connectivity index (χ4n) is 2.30. The molecule has 1 saturated heterocycles. The van der Waals surface area contributed by atoms with Gasteiger partial charge in [-0.05, 0) is 39.1 Å². The summed E-state index contributed by atoms with van der Waals surface area (Å²) < 4.78 is 0. The molecular weight excluding hydrogens is 212 g/mol. The molecule has 1 fully saturated rings. The number of hydrogen-bond donors (Lipinski definition) is 0. The van der Waals surface area contributed by atoms with Crippen LogP contribution in [0, 0.1) is 11.3 Å². The van der Waals surface area contributed by atoms with Crippen molar-refractivity contribution in [3.8, 4) is 6.07 Å². The average Bonchev–Trinajstić information content (AvgIpc) is 2.39. The maximum Gasteiger partial charge on any atom is 0.146 e. The van der Waals surface area contributed by atoms with Crippen molar-refractivity contribution in [2.75, 3.05) is 32.1 Å². The van der Waals surface area contributed by atoms with E-state index in [9.17, 15) is 0 Å². The summed E-state index contributed by atoms with van der Waals surface area (Å²) in [5.74, 6) is 0.835. The summed E-state index contributed by atoms with van der Waals surface area (Å²) in [5.41, 5.74) is 0.673. The monoisotopic (exact) mass is 230 g/mol. The maximum absolute atomic E-state index is 9.10. The minimum Gasteiger partial charge on any atom is -0.354 e. The third-order valence-corrected chi connectivity index (χ3v) is 3.33. The first-order chi connectivity index (χ1) is 8.22. The largest absolute Gasteiger partial charge is 0.354 e. The zero-order valence-corrected chi connectivity index (χ0v) is 10.4. The molecule has 0 radical (unpaired) electrons. The van der Waals surface area contributed by atoms with E-state index >= 15 is 0 Å². The van der Waals surface area contributed by atoms with Gasteiger partial charge in [0.1, 0.15) is 11.9 Å². The van der Waals surface area contributed by atoms with Crippen molar-refractivity contribution in [1.29, 1.82) is 5.26 Å².